The number of nitrogens with two attached hydrogens (primary N) is 1. The van der Waals surface area contributed by atoms with E-state index in [0.717, 1.165) is 0 Å². The van der Waals surface area contributed by atoms with Crippen LogP contribution in [0.5, 0.6) is 0 Å². The number of rotatable bonds is 0. The number of alkyl halides is 3. The van der Waals surface area contributed by atoms with Gasteiger partial charge >= 0.3 is 6.18 Å². The zero-order valence-electron chi connectivity index (χ0n) is 5.57. The van der Waals surface area contributed by atoms with Crippen LogP contribution in [0.2, 0.25) is 0 Å². The summed E-state index contributed by atoms with van der Waals surface area (Å²) in [5.41, 5.74) is 4.86. The Bertz CT molecular complexity index is 265. The summed E-state index contributed by atoms with van der Waals surface area (Å²) in [5.74, 6) is -1.35. The van der Waals surface area contributed by atoms with Crippen LogP contribution in [0.3, 0.4) is 0 Å². The van der Waals surface area contributed by atoms with Gasteiger partial charge in [-0.15, -0.1) is 0 Å². The normalized spacial score (nSPS) is 12.0. The Morgan fingerprint density at radius 2 is 2.00 bits per heavy atom. The predicted molar refractivity (Wildman–Crippen MR) is 30.7 cm³/mol. The average molecular weight is 166 g/mol. The maximum atomic E-state index is 11.9. The van der Waals surface area contributed by atoms with E-state index in [9.17, 15) is 13.2 Å². The zero-order valence-corrected chi connectivity index (χ0v) is 5.57. The van der Waals surface area contributed by atoms with Crippen molar-refractivity contribution in [2.24, 2.45) is 0 Å². The van der Waals surface area contributed by atoms with Crippen molar-refractivity contribution in [1.82, 2.24) is 5.16 Å². The summed E-state index contributed by atoms with van der Waals surface area (Å²) in [5, 5.41) is 2.97. The van der Waals surface area contributed by atoms with Gasteiger partial charge in [-0.2, -0.15) is 13.2 Å². The molecule has 1 aromatic heterocycles. The number of nitrogens with zero attached hydrogens (tertiary/aromatic N) is 1. The number of halogens is 3. The molecule has 0 radical (unpaired) electrons. The molecule has 11 heavy (non-hydrogen) atoms. The largest absolute Gasteiger partial charge is 0.452 e. The Morgan fingerprint density at radius 1 is 1.45 bits per heavy atom. The number of hydrogen-bond acceptors (Lipinski definition) is 3. The summed E-state index contributed by atoms with van der Waals surface area (Å²) in [6.45, 7) is 1.20. The van der Waals surface area contributed by atoms with Gasteiger partial charge in [-0.05, 0) is 6.92 Å². The lowest BCUT2D eigenvalue weighted by molar-refractivity contribution is -0.156. The number of anilines is 1. The van der Waals surface area contributed by atoms with E-state index in [1.165, 1.54) is 6.92 Å². The van der Waals surface area contributed by atoms with Crippen molar-refractivity contribution in [3.05, 3.63) is 11.3 Å². The van der Waals surface area contributed by atoms with Crippen molar-refractivity contribution in [2.75, 3.05) is 5.73 Å². The molecule has 1 rings (SSSR count). The fourth-order valence-electron chi connectivity index (χ4n) is 0.612. The van der Waals surface area contributed by atoms with Crippen molar-refractivity contribution < 1.29 is 17.7 Å². The van der Waals surface area contributed by atoms with Gasteiger partial charge in [0.2, 0.25) is 5.76 Å². The maximum absolute atomic E-state index is 11.9. The molecule has 62 valence electrons. The summed E-state index contributed by atoms with van der Waals surface area (Å²) in [6, 6.07) is 0. The van der Waals surface area contributed by atoms with E-state index >= 15 is 0 Å². The summed E-state index contributed by atoms with van der Waals surface area (Å²) in [7, 11) is 0. The molecule has 0 bridgehead atoms. The first-order valence-corrected chi connectivity index (χ1v) is 2.72. The van der Waals surface area contributed by atoms with E-state index < -0.39 is 11.9 Å². The quantitative estimate of drug-likeness (QED) is 0.636. The van der Waals surface area contributed by atoms with Crippen molar-refractivity contribution in [3.63, 3.8) is 0 Å². The molecule has 0 aliphatic carbocycles. The Balaban J connectivity index is 3.15. The fourth-order valence-corrected chi connectivity index (χ4v) is 0.612. The molecule has 0 aliphatic heterocycles. The third-order valence-electron chi connectivity index (χ3n) is 1.22. The first-order chi connectivity index (χ1) is 4.93. The lowest BCUT2D eigenvalue weighted by atomic mass is 10.3. The lowest BCUT2D eigenvalue weighted by Gasteiger charge is -2.00. The Hall–Kier alpha value is -1.20. The molecule has 0 saturated heterocycles. The molecule has 1 heterocycles. The summed E-state index contributed by atoms with van der Waals surface area (Å²) in [4.78, 5) is 0. The van der Waals surface area contributed by atoms with E-state index in [2.05, 4.69) is 9.68 Å². The second-order valence-electron chi connectivity index (χ2n) is 2.02. The van der Waals surface area contributed by atoms with Crippen LogP contribution in [0.15, 0.2) is 4.52 Å². The Labute approximate surface area is 60.0 Å². The monoisotopic (exact) mass is 166 g/mol. The van der Waals surface area contributed by atoms with Crippen LogP contribution in [-0.2, 0) is 6.18 Å². The highest BCUT2D eigenvalue weighted by Gasteiger charge is 2.38. The lowest BCUT2D eigenvalue weighted by Crippen LogP contribution is -2.05. The molecule has 2 N–H and O–H groups in total. The molecular formula is C5H5F3N2O. The van der Waals surface area contributed by atoms with Crippen molar-refractivity contribution in [3.8, 4) is 0 Å². The highest BCUT2D eigenvalue weighted by atomic mass is 19.4. The van der Waals surface area contributed by atoms with E-state index in [0.29, 0.717) is 0 Å². The second kappa shape index (κ2) is 2.14. The number of hydrogen-bond donors (Lipinski definition) is 1. The number of aromatic nitrogens is 1. The first kappa shape index (κ1) is 7.90. The zero-order chi connectivity index (χ0) is 8.65. The Morgan fingerprint density at radius 3 is 2.18 bits per heavy atom. The van der Waals surface area contributed by atoms with E-state index in [4.69, 9.17) is 5.73 Å². The third kappa shape index (κ3) is 1.28. The minimum absolute atomic E-state index is 0.169. The minimum atomic E-state index is -4.51. The highest BCUT2D eigenvalue weighted by molar-refractivity contribution is 5.39. The first-order valence-electron chi connectivity index (χ1n) is 2.72. The topological polar surface area (TPSA) is 52.0 Å². The van der Waals surface area contributed by atoms with Gasteiger partial charge in [0.05, 0.1) is 0 Å². The van der Waals surface area contributed by atoms with Crippen molar-refractivity contribution >= 4 is 5.82 Å². The third-order valence-corrected chi connectivity index (χ3v) is 1.22. The molecule has 6 heteroatoms. The van der Waals surface area contributed by atoms with Crippen molar-refractivity contribution in [1.29, 1.82) is 0 Å². The van der Waals surface area contributed by atoms with E-state index in [1.54, 1.807) is 0 Å². The van der Waals surface area contributed by atoms with Gasteiger partial charge < -0.3 is 10.3 Å². The van der Waals surface area contributed by atoms with Gasteiger partial charge in [-0.25, -0.2) is 0 Å². The second-order valence-corrected chi connectivity index (χ2v) is 2.02. The number of nitrogen functional groups attached to an aromatic ring is 1. The van der Waals surface area contributed by atoms with Crippen LogP contribution in [0.4, 0.5) is 19.0 Å². The molecule has 0 spiro atoms. The van der Waals surface area contributed by atoms with Crippen LogP contribution < -0.4 is 5.73 Å². The minimum Gasteiger partial charge on any atom is -0.381 e. The van der Waals surface area contributed by atoms with E-state index in [-0.39, 0.29) is 11.4 Å². The van der Waals surface area contributed by atoms with Crippen molar-refractivity contribution in [2.45, 2.75) is 13.1 Å². The SMILES string of the molecule is Cc1c(N)noc1C(F)(F)F. The predicted octanol–water partition coefficient (Wildman–Crippen LogP) is 1.58. The summed E-state index contributed by atoms with van der Waals surface area (Å²) in [6.07, 6.45) is -4.51. The van der Waals surface area contributed by atoms with Gasteiger partial charge in [0, 0.05) is 5.56 Å². The van der Waals surface area contributed by atoms with E-state index in [1.807, 2.05) is 0 Å². The van der Waals surface area contributed by atoms with Gasteiger partial charge in [0.25, 0.3) is 0 Å². The van der Waals surface area contributed by atoms with Crippen LogP contribution in [0.25, 0.3) is 0 Å². The molecule has 1 aromatic rings. The summed E-state index contributed by atoms with van der Waals surface area (Å²) >= 11 is 0. The van der Waals surface area contributed by atoms with Crippen LogP contribution in [0.1, 0.15) is 11.3 Å². The standard InChI is InChI=1S/C5H5F3N2O/c1-2-3(5(6,7)8)11-10-4(2)9/h1H3,(H2,9,10). The molecule has 0 aliphatic rings. The smallest absolute Gasteiger partial charge is 0.381 e. The van der Waals surface area contributed by atoms with Gasteiger partial charge in [0.15, 0.2) is 5.82 Å². The highest BCUT2D eigenvalue weighted by Crippen LogP contribution is 2.33. The fraction of sp³-hybridized carbons (Fsp3) is 0.400. The van der Waals surface area contributed by atoms with Crippen LogP contribution >= 0.6 is 0 Å². The van der Waals surface area contributed by atoms with Gasteiger partial charge in [-0.3, -0.25) is 0 Å². The van der Waals surface area contributed by atoms with Gasteiger partial charge in [0.1, 0.15) is 0 Å². The maximum Gasteiger partial charge on any atom is 0.452 e. The van der Waals surface area contributed by atoms with Crippen LogP contribution in [0, 0.1) is 6.92 Å². The van der Waals surface area contributed by atoms with Gasteiger partial charge in [-0.1, -0.05) is 5.16 Å². The molecule has 0 amide bonds. The molecule has 0 atom stereocenters. The molecule has 0 fully saturated rings. The summed E-state index contributed by atoms with van der Waals surface area (Å²) < 4.78 is 39.6. The molecule has 0 aromatic carbocycles. The Kier molecular flexibility index (Phi) is 1.54. The molecule has 0 unspecified atom stereocenters. The van der Waals surface area contributed by atoms with Crippen LogP contribution in [-0.4, -0.2) is 5.16 Å². The average Bonchev–Trinajstić information content (AvgIpc) is 2.11. The molecule has 3 nitrogen and oxygen atoms in total. The molecular weight excluding hydrogens is 161 g/mol. The molecule has 0 saturated carbocycles.